The number of hydrogen-bond acceptors (Lipinski definition) is 2. The third kappa shape index (κ3) is 9.75. The molecular weight excluding hydrogens is 176 g/mol. The monoisotopic (exact) mass is 200 g/mol. The predicted octanol–water partition coefficient (Wildman–Crippen LogP) is 3.38. The molecule has 0 N–H and O–H groups in total. The zero-order chi connectivity index (χ0) is 10.8. The maximum absolute atomic E-state index is 5.24. The molecule has 0 radical (unpaired) electrons. The first-order valence-corrected chi connectivity index (χ1v) is 5.37. The zero-order valence-corrected chi connectivity index (χ0v) is 10.0. The van der Waals surface area contributed by atoms with Crippen molar-refractivity contribution in [1.82, 2.24) is 0 Å². The highest BCUT2D eigenvalue weighted by atomic mass is 16.7. The van der Waals surface area contributed by atoms with E-state index >= 15 is 0 Å². The van der Waals surface area contributed by atoms with Gasteiger partial charge in [0.1, 0.15) is 6.79 Å². The van der Waals surface area contributed by atoms with Crippen LogP contribution in [-0.4, -0.2) is 20.5 Å². The Labute approximate surface area is 88.3 Å². The lowest BCUT2D eigenvalue weighted by Crippen LogP contribution is -2.03. The van der Waals surface area contributed by atoms with E-state index in [0.29, 0.717) is 6.79 Å². The van der Waals surface area contributed by atoms with Crippen LogP contribution < -0.4 is 0 Å². The van der Waals surface area contributed by atoms with Crippen LogP contribution in [0.5, 0.6) is 0 Å². The Morgan fingerprint density at radius 3 is 2.57 bits per heavy atom. The fourth-order valence-corrected chi connectivity index (χ4v) is 1.23. The SMILES string of the molecule is COCOCC[C@@H](C)CCC=C(C)C. The second-order valence-corrected chi connectivity index (χ2v) is 4.07. The zero-order valence-electron chi connectivity index (χ0n) is 10.0. The maximum atomic E-state index is 5.24. The first-order chi connectivity index (χ1) is 6.66. The van der Waals surface area contributed by atoms with Gasteiger partial charge >= 0.3 is 0 Å². The second-order valence-electron chi connectivity index (χ2n) is 4.07. The average Bonchev–Trinajstić information content (AvgIpc) is 2.12. The van der Waals surface area contributed by atoms with Crippen molar-refractivity contribution in [1.29, 1.82) is 0 Å². The van der Waals surface area contributed by atoms with Crippen LogP contribution in [0.15, 0.2) is 11.6 Å². The van der Waals surface area contributed by atoms with E-state index in [2.05, 4.69) is 26.8 Å². The molecule has 0 aliphatic rings. The van der Waals surface area contributed by atoms with Crippen LogP contribution in [0.25, 0.3) is 0 Å². The molecule has 0 amide bonds. The minimum atomic E-state index is 0.417. The normalized spacial score (nSPS) is 12.6. The fourth-order valence-electron chi connectivity index (χ4n) is 1.23. The molecule has 14 heavy (non-hydrogen) atoms. The van der Waals surface area contributed by atoms with Crippen molar-refractivity contribution in [3.8, 4) is 0 Å². The van der Waals surface area contributed by atoms with E-state index in [0.717, 1.165) is 18.9 Å². The van der Waals surface area contributed by atoms with Gasteiger partial charge in [-0.2, -0.15) is 0 Å². The molecule has 1 atom stereocenters. The van der Waals surface area contributed by atoms with Crippen molar-refractivity contribution < 1.29 is 9.47 Å². The molecule has 0 bridgehead atoms. The Hall–Kier alpha value is -0.340. The van der Waals surface area contributed by atoms with Gasteiger partial charge in [-0.05, 0) is 39.0 Å². The van der Waals surface area contributed by atoms with E-state index in [4.69, 9.17) is 9.47 Å². The molecule has 0 aliphatic heterocycles. The van der Waals surface area contributed by atoms with Crippen LogP contribution >= 0.6 is 0 Å². The number of methoxy groups -OCH3 is 1. The minimum absolute atomic E-state index is 0.417. The second kappa shape index (κ2) is 9.22. The third-order valence-corrected chi connectivity index (χ3v) is 2.17. The van der Waals surface area contributed by atoms with E-state index in [9.17, 15) is 0 Å². The van der Waals surface area contributed by atoms with Gasteiger partial charge in [-0.3, -0.25) is 0 Å². The maximum Gasteiger partial charge on any atom is 0.146 e. The van der Waals surface area contributed by atoms with Gasteiger partial charge in [-0.1, -0.05) is 18.6 Å². The Morgan fingerprint density at radius 2 is 2.00 bits per heavy atom. The Morgan fingerprint density at radius 1 is 1.29 bits per heavy atom. The lowest BCUT2D eigenvalue weighted by atomic mass is 10.0. The van der Waals surface area contributed by atoms with E-state index in [1.807, 2.05) is 0 Å². The molecular formula is C12H24O2. The number of rotatable bonds is 8. The summed E-state index contributed by atoms with van der Waals surface area (Å²) < 4.78 is 10.0. The minimum Gasteiger partial charge on any atom is -0.359 e. The van der Waals surface area contributed by atoms with Crippen molar-refractivity contribution in [2.45, 2.75) is 40.0 Å². The molecule has 0 rings (SSSR count). The summed E-state index contributed by atoms with van der Waals surface area (Å²) >= 11 is 0. The highest BCUT2D eigenvalue weighted by Crippen LogP contribution is 2.11. The molecule has 0 saturated heterocycles. The highest BCUT2D eigenvalue weighted by molar-refractivity contribution is 4.92. The smallest absolute Gasteiger partial charge is 0.146 e. The number of allylic oxidation sites excluding steroid dienone is 2. The number of hydrogen-bond donors (Lipinski definition) is 0. The molecule has 2 heteroatoms. The average molecular weight is 200 g/mol. The van der Waals surface area contributed by atoms with Crippen LogP contribution in [0.3, 0.4) is 0 Å². The first-order valence-electron chi connectivity index (χ1n) is 5.37. The standard InChI is InChI=1S/C12H24O2/c1-11(2)6-5-7-12(3)8-9-14-10-13-4/h6,12H,5,7-10H2,1-4H3/t12-/m0/s1. The van der Waals surface area contributed by atoms with E-state index in [1.54, 1.807) is 7.11 Å². The van der Waals surface area contributed by atoms with Crippen LogP contribution in [0.2, 0.25) is 0 Å². The lowest BCUT2D eigenvalue weighted by Gasteiger charge is -2.09. The van der Waals surface area contributed by atoms with Gasteiger partial charge in [0.25, 0.3) is 0 Å². The molecule has 0 saturated carbocycles. The summed E-state index contributed by atoms with van der Waals surface area (Å²) in [6, 6.07) is 0. The molecule has 0 aromatic carbocycles. The highest BCUT2D eigenvalue weighted by Gasteiger charge is 2.00. The predicted molar refractivity (Wildman–Crippen MR) is 60.3 cm³/mol. The van der Waals surface area contributed by atoms with Crippen molar-refractivity contribution in [2.24, 2.45) is 5.92 Å². The summed E-state index contributed by atoms with van der Waals surface area (Å²) in [4.78, 5) is 0. The molecule has 0 aliphatic carbocycles. The topological polar surface area (TPSA) is 18.5 Å². The number of ether oxygens (including phenoxy) is 2. The third-order valence-electron chi connectivity index (χ3n) is 2.17. The van der Waals surface area contributed by atoms with Crippen molar-refractivity contribution in [3.05, 3.63) is 11.6 Å². The van der Waals surface area contributed by atoms with Gasteiger partial charge in [0.2, 0.25) is 0 Å². The Balaban J connectivity index is 3.28. The molecule has 0 unspecified atom stereocenters. The van der Waals surface area contributed by atoms with Crippen LogP contribution in [0.1, 0.15) is 40.0 Å². The van der Waals surface area contributed by atoms with E-state index in [-0.39, 0.29) is 0 Å². The molecule has 0 heterocycles. The van der Waals surface area contributed by atoms with Crippen LogP contribution in [0, 0.1) is 5.92 Å². The van der Waals surface area contributed by atoms with Gasteiger partial charge < -0.3 is 9.47 Å². The summed E-state index contributed by atoms with van der Waals surface area (Å²) in [6.45, 7) is 7.79. The van der Waals surface area contributed by atoms with Gasteiger partial charge in [0.15, 0.2) is 0 Å². The molecule has 0 aromatic rings. The first kappa shape index (κ1) is 13.7. The van der Waals surface area contributed by atoms with Gasteiger partial charge in [-0.25, -0.2) is 0 Å². The molecule has 0 aromatic heterocycles. The van der Waals surface area contributed by atoms with Crippen molar-refractivity contribution in [2.75, 3.05) is 20.5 Å². The summed E-state index contributed by atoms with van der Waals surface area (Å²) in [6.07, 6.45) is 5.86. The quantitative estimate of drug-likeness (QED) is 0.340. The van der Waals surface area contributed by atoms with Gasteiger partial charge in [0.05, 0.1) is 0 Å². The van der Waals surface area contributed by atoms with Crippen LogP contribution in [0.4, 0.5) is 0 Å². The van der Waals surface area contributed by atoms with Gasteiger partial charge in [-0.15, -0.1) is 0 Å². The summed E-state index contributed by atoms with van der Waals surface area (Å²) in [5, 5.41) is 0. The largest absolute Gasteiger partial charge is 0.359 e. The fraction of sp³-hybridized carbons (Fsp3) is 0.833. The molecule has 84 valence electrons. The van der Waals surface area contributed by atoms with Gasteiger partial charge in [0, 0.05) is 13.7 Å². The van der Waals surface area contributed by atoms with Crippen LogP contribution in [-0.2, 0) is 9.47 Å². The van der Waals surface area contributed by atoms with E-state index < -0.39 is 0 Å². The lowest BCUT2D eigenvalue weighted by molar-refractivity contribution is -0.0341. The Bertz CT molecular complexity index is 148. The van der Waals surface area contributed by atoms with Crippen molar-refractivity contribution >= 4 is 0 Å². The summed E-state index contributed by atoms with van der Waals surface area (Å²) in [5.41, 5.74) is 1.41. The Kier molecular flexibility index (Phi) is 9.00. The molecule has 0 spiro atoms. The summed E-state index contributed by atoms with van der Waals surface area (Å²) in [5.74, 6) is 0.738. The molecule has 2 nitrogen and oxygen atoms in total. The van der Waals surface area contributed by atoms with Crippen molar-refractivity contribution in [3.63, 3.8) is 0 Å². The summed E-state index contributed by atoms with van der Waals surface area (Å²) in [7, 11) is 1.65. The molecule has 0 fully saturated rings. The van der Waals surface area contributed by atoms with E-state index in [1.165, 1.54) is 18.4 Å².